The summed E-state index contributed by atoms with van der Waals surface area (Å²) in [5, 5.41) is 14.0. The fraction of sp³-hybridized carbons (Fsp3) is 0.192. The molecular formula is C26H23N3OS. The maximum atomic E-state index is 13.3. The molecule has 1 N–H and O–H groups in total. The molecule has 0 aliphatic carbocycles. The number of aryl methyl sites for hydroxylation is 2. The number of hydrogen-bond acceptors (Lipinski definition) is 4. The molecule has 0 radical (unpaired) electrons. The van der Waals surface area contributed by atoms with Crippen LogP contribution in [0.25, 0.3) is 22.2 Å². The third-order valence-corrected chi connectivity index (χ3v) is 6.58. The first-order valence-corrected chi connectivity index (χ1v) is 11.2. The minimum atomic E-state index is -0.231. The highest BCUT2D eigenvalue weighted by atomic mass is 32.1. The molecule has 0 saturated heterocycles. The zero-order valence-corrected chi connectivity index (χ0v) is 18.6. The average Bonchev–Trinajstić information content (AvgIpc) is 3.11. The van der Waals surface area contributed by atoms with Crippen molar-refractivity contribution in [2.24, 2.45) is 0 Å². The van der Waals surface area contributed by atoms with Gasteiger partial charge >= 0.3 is 0 Å². The van der Waals surface area contributed by atoms with Crippen molar-refractivity contribution in [1.82, 2.24) is 4.98 Å². The lowest BCUT2D eigenvalue weighted by Crippen LogP contribution is -2.13. The van der Waals surface area contributed by atoms with Crippen LogP contribution in [0.5, 0.6) is 0 Å². The van der Waals surface area contributed by atoms with Crippen LogP contribution in [0.1, 0.15) is 45.8 Å². The third kappa shape index (κ3) is 3.95. The number of thiophene rings is 1. The summed E-state index contributed by atoms with van der Waals surface area (Å²) >= 11 is 1.45. The zero-order chi connectivity index (χ0) is 22.0. The average molecular weight is 426 g/mol. The van der Waals surface area contributed by atoms with Crippen molar-refractivity contribution in [2.75, 3.05) is 5.32 Å². The summed E-state index contributed by atoms with van der Waals surface area (Å²) in [6.07, 6.45) is 1.73. The largest absolute Gasteiger partial charge is 0.312 e. The van der Waals surface area contributed by atoms with Crippen molar-refractivity contribution in [3.05, 3.63) is 81.7 Å². The number of para-hydroxylation sites is 1. The van der Waals surface area contributed by atoms with Crippen molar-refractivity contribution >= 4 is 33.1 Å². The molecule has 4 aromatic rings. The first-order chi connectivity index (χ1) is 15.0. The van der Waals surface area contributed by atoms with Crippen molar-refractivity contribution < 1.29 is 4.79 Å². The number of nitriles is 1. The van der Waals surface area contributed by atoms with Gasteiger partial charge in [0.25, 0.3) is 5.91 Å². The molecule has 0 unspecified atom stereocenters. The van der Waals surface area contributed by atoms with E-state index in [1.54, 1.807) is 0 Å². The summed E-state index contributed by atoms with van der Waals surface area (Å²) < 4.78 is 0. The lowest BCUT2D eigenvalue weighted by atomic mass is 10.0. The Morgan fingerprint density at radius 1 is 1.10 bits per heavy atom. The lowest BCUT2D eigenvalue weighted by Gasteiger charge is -2.11. The van der Waals surface area contributed by atoms with Crippen LogP contribution < -0.4 is 5.32 Å². The normalized spacial score (nSPS) is 10.8. The molecule has 0 spiro atoms. The maximum Gasteiger partial charge on any atom is 0.257 e. The van der Waals surface area contributed by atoms with Gasteiger partial charge in [0.1, 0.15) is 11.1 Å². The molecule has 154 valence electrons. The molecule has 0 fully saturated rings. The minimum absolute atomic E-state index is 0.231. The first kappa shape index (κ1) is 20.8. The van der Waals surface area contributed by atoms with Crippen LogP contribution >= 0.6 is 11.3 Å². The molecule has 0 saturated carbocycles. The Morgan fingerprint density at radius 2 is 1.84 bits per heavy atom. The highest BCUT2D eigenvalue weighted by Crippen LogP contribution is 2.34. The van der Waals surface area contributed by atoms with Crippen molar-refractivity contribution in [3.63, 3.8) is 0 Å². The van der Waals surface area contributed by atoms with Crippen molar-refractivity contribution in [2.45, 2.75) is 33.6 Å². The Morgan fingerprint density at radius 3 is 2.52 bits per heavy atom. The van der Waals surface area contributed by atoms with Gasteiger partial charge in [0, 0.05) is 15.8 Å². The van der Waals surface area contributed by atoms with Gasteiger partial charge in [0.05, 0.1) is 22.3 Å². The summed E-state index contributed by atoms with van der Waals surface area (Å²) in [4.78, 5) is 19.2. The predicted molar refractivity (Wildman–Crippen MR) is 128 cm³/mol. The van der Waals surface area contributed by atoms with Crippen LogP contribution in [-0.4, -0.2) is 10.9 Å². The van der Waals surface area contributed by atoms with Gasteiger partial charge in [-0.1, -0.05) is 56.3 Å². The molecule has 4 rings (SSSR count). The number of anilines is 1. The second kappa shape index (κ2) is 8.71. The number of benzene rings is 2. The van der Waals surface area contributed by atoms with Gasteiger partial charge < -0.3 is 5.32 Å². The summed E-state index contributed by atoms with van der Waals surface area (Å²) in [5.74, 6) is -0.231. The van der Waals surface area contributed by atoms with Gasteiger partial charge in [0.15, 0.2) is 0 Å². The van der Waals surface area contributed by atoms with E-state index < -0.39 is 0 Å². The van der Waals surface area contributed by atoms with Crippen LogP contribution in [0.15, 0.2) is 54.6 Å². The van der Waals surface area contributed by atoms with Crippen LogP contribution in [0, 0.1) is 18.3 Å². The molecule has 1 amide bonds. The molecule has 0 atom stereocenters. The minimum Gasteiger partial charge on any atom is -0.312 e. The van der Waals surface area contributed by atoms with Crippen LogP contribution in [0.2, 0.25) is 0 Å². The lowest BCUT2D eigenvalue weighted by molar-refractivity contribution is 0.102. The summed E-state index contributed by atoms with van der Waals surface area (Å²) in [7, 11) is 0. The van der Waals surface area contributed by atoms with Gasteiger partial charge in [-0.15, -0.1) is 11.3 Å². The van der Waals surface area contributed by atoms with Crippen molar-refractivity contribution in [3.8, 4) is 17.3 Å². The van der Waals surface area contributed by atoms with E-state index in [0.29, 0.717) is 16.1 Å². The molecule has 0 aliphatic rings. The fourth-order valence-electron chi connectivity index (χ4n) is 3.80. The standard InChI is InChI=1S/C26H23N3OS/c1-4-17-10-12-18(13-11-17)24-14-21(20-8-6-7-9-23(20)28-24)25(30)29-26-22(15-27)19(5-2)16(3)31-26/h6-14H,4-5H2,1-3H3,(H,29,30). The number of pyridine rings is 1. The van der Waals surface area contributed by atoms with E-state index in [4.69, 9.17) is 4.98 Å². The molecular weight excluding hydrogens is 402 g/mol. The molecule has 2 aromatic heterocycles. The molecule has 31 heavy (non-hydrogen) atoms. The van der Waals surface area contributed by atoms with Crippen molar-refractivity contribution in [1.29, 1.82) is 5.26 Å². The molecule has 2 heterocycles. The topological polar surface area (TPSA) is 65.8 Å². The smallest absolute Gasteiger partial charge is 0.257 e. The Kier molecular flexibility index (Phi) is 5.83. The van der Waals surface area contributed by atoms with E-state index in [-0.39, 0.29) is 5.91 Å². The summed E-state index contributed by atoms with van der Waals surface area (Å²) in [6.45, 7) is 6.13. The molecule has 4 nitrogen and oxygen atoms in total. The third-order valence-electron chi connectivity index (χ3n) is 5.52. The van der Waals surface area contributed by atoms with Gasteiger partial charge in [-0.05, 0) is 43.0 Å². The number of nitrogens with zero attached hydrogens (tertiary/aromatic N) is 2. The highest BCUT2D eigenvalue weighted by Gasteiger charge is 2.19. The fourth-order valence-corrected chi connectivity index (χ4v) is 4.89. The van der Waals surface area contributed by atoms with Crippen LogP contribution in [0.3, 0.4) is 0 Å². The Balaban J connectivity index is 1.79. The quantitative estimate of drug-likeness (QED) is 0.396. The zero-order valence-electron chi connectivity index (χ0n) is 17.8. The molecule has 0 bridgehead atoms. The van der Waals surface area contributed by atoms with Gasteiger partial charge in [-0.25, -0.2) is 4.98 Å². The van der Waals surface area contributed by atoms with E-state index in [1.807, 2.05) is 56.3 Å². The second-order valence-electron chi connectivity index (χ2n) is 7.38. The van der Waals surface area contributed by atoms with Gasteiger partial charge in [-0.3, -0.25) is 4.79 Å². The Hall–Kier alpha value is -3.49. The number of aromatic nitrogens is 1. The maximum absolute atomic E-state index is 13.3. The molecule has 2 aromatic carbocycles. The SMILES string of the molecule is CCc1ccc(-c2cc(C(=O)Nc3sc(C)c(CC)c3C#N)c3ccccc3n2)cc1. The van der Waals surface area contributed by atoms with Crippen LogP contribution in [-0.2, 0) is 12.8 Å². The second-order valence-corrected chi connectivity index (χ2v) is 8.61. The molecule has 5 heteroatoms. The number of amides is 1. The monoisotopic (exact) mass is 425 g/mol. The number of rotatable bonds is 5. The summed E-state index contributed by atoms with van der Waals surface area (Å²) in [5.41, 5.74) is 5.85. The van der Waals surface area contributed by atoms with E-state index in [9.17, 15) is 10.1 Å². The molecule has 0 aliphatic heterocycles. The van der Waals surface area contributed by atoms with E-state index in [2.05, 4.69) is 30.4 Å². The van der Waals surface area contributed by atoms with E-state index >= 15 is 0 Å². The highest BCUT2D eigenvalue weighted by molar-refractivity contribution is 7.16. The van der Waals surface area contributed by atoms with Crippen LogP contribution in [0.4, 0.5) is 5.00 Å². The number of carbonyl (C=O) groups is 1. The van der Waals surface area contributed by atoms with Gasteiger partial charge in [0.2, 0.25) is 0 Å². The number of fused-ring (bicyclic) bond motifs is 1. The van der Waals surface area contributed by atoms with E-state index in [0.717, 1.165) is 45.4 Å². The predicted octanol–water partition coefficient (Wildman–Crippen LogP) is 6.52. The first-order valence-electron chi connectivity index (χ1n) is 10.4. The number of nitrogens with one attached hydrogen (secondary N) is 1. The number of carbonyl (C=O) groups excluding carboxylic acids is 1. The Bertz CT molecular complexity index is 1310. The summed E-state index contributed by atoms with van der Waals surface area (Å²) in [6, 6.07) is 20.0. The van der Waals surface area contributed by atoms with E-state index in [1.165, 1.54) is 16.9 Å². The Labute approximate surface area is 186 Å². The van der Waals surface area contributed by atoms with Gasteiger partial charge in [-0.2, -0.15) is 5.26 Å². The number of hydrogen-bond donors (Lipinski definition) is 1.